The Labute approximate surface area is 108 Å². The molecule has 17 heavy (non-hydrogen) atoms. The molecular weight excluding hydrogens is 230 g/mol. The summed E-state index contributed by atoms with van der Waals surface area (Å²) in [5, 5.41) is 3.10. The minimum absolute atomic E-state index is 0.0435. The van der Waals surface area contributed by atoms with Gasteiger partial charge in [0.2, 0.25) is 0 Å². The van der Waals surface area contributed by atoms with Gasteiger partial charge in [-0.2, -0.15) is 0 Å². The Kier molecular flexibility index (Phi) is 3.77. The molecular formula is C14H19NOS. The molecule has 1 amide bonds. The van der Waals surface area contributed by atoms with Crippen LogP contribution in [0.2, 0.25) is 0 Å². The third-order valence-corrected chi connectivity index (χ3v) is 3.64. The normalized spacial score (nSPS) is 22.3. The highest BCUT2D eigenvalue weighted by atomic mass is 32.1. The van der Waals surface area contributed by atoms with Crippen molar-refractivity contribution in [2.24, 2.45) is 5.92 Å². The molecule has 1 aromatic rings. The van der Waals surface area contributed by atoms with E-state index in [9.17, 15) is 4.79 Å². The molecule has 1 aromatic carbocycles. The average molecular weight is 249 g/mol. The molecule has 1 fully saturated rings. The molecule has 1 aliphatic rings. The number of hydrogen-bond donors (Lipinski definition) is 2. The monoisotopic (exact) mass is 249 g/mol. The number of hydrogen-bond acceptors (Lipinski definition) is 2. The summed E-state index contributed by atoms with van der Waals surface area (Å²) in [5.41, 5.74) is 1.76. The van der Waals surface area contributed by atoms with Gasteiger partial charge >= 0.3 is 0 Å². The zero-order valence-corrected chi connectivity index (χ0v) is 11.3. The Hall–Kier alpha value is -0.960. The van der Waals surface area contributed by atoms with E-state index in [2.05, 4.69) is 24.9 Å². The second kappa shape index (κ2) is 5.13. The zero-order valence-electron chi connectivity index (χ0n) is 10.4. The highest BCUT2D eigenvalue weighted by Gasteiger charge is 2.37. The fourth-order valence-electron chi connectivity index (χ4n) is 2.21. The van der Waals surface area contributed by atoms with Crippen molar-refractivity contribution in [2.45, 2.75) is 44.0 Å². The number of nitrogens with one attached hydrogen (secondary N) is 1. The van der Waals surface area contributed by atoms with Crippen molar-refractivity contribution in [1.29, 1.82) is 0 Å². The first-order valence-electron chi connectivity index (χ1n) is 6.22. The highest BCUT2D eigenvalue weighted by molar-refractivity contribution is 7.80. The van der Waals surface area contributed by atoms with E-state index in [1.54, 1.807) is 0 Å². The Morgan fingerprint density at radius 3 is 3.00 bits per heavy atom. The molecule has 3 heteroatoms. The summed E-state index contributed by atoms with van der Waals surface area (Å²) in [4.78, 5) is 12.9. The van der Waals surface area contributed by atoms with Crippen molar-refractivity contribution in [2.75, 3.05) is 0 Å². The minimum Gasteiger partial charge on any atom is -0.349 e. The lowest BCUT2D eigenvalue weighted by Gasteiger charge is -2.08. The molecule has 1 aliphatic carbocycles. The van der Waals surface area contributed by atoms with Gasteiger partial charge in [0.25, 0.3) is 5.91 Å². The van der Waals surface area contributed by atoms with E-state index in [1.807, 2.05) is 25.1 Å². The smallest absolute Gasteiger partial charge is 0.251 e. The molecule has 2 rings (SSSR count). The van der Waals surface area contributed by atoms with Crippen LogP contribution < -0.4 is 5.32 Å². The lowest BCUT2D eigenvalue weighted by Crippen LogP contribution is -2.27. The van der Waals surface area contributed by atoms with E-state index in [1.165, 1.54) is 12.8 Å². The van der Waals surface area contributed by atoms with Crippen LogP contribution in [-0.4, -0.2) is 11.9 Å². The summed E-state index contributed by atoms with van der Waals surface area (Å²) in [6.45, 7) is 4.14. The number of carbonyl (C=O) groups is 1. The van der Waals surface area contributed by atoms with Gasteiger partial charge in [0.15, 0.2) is 0 Å². The van der Waals surface area contributed by atoms with Crippen molar-refractivity contribution in [3.05, 3.63) is 29.3 Å². The molecule has 0 radical (unpaired) electrons. The predicted octanol–water partition coefficient (Wildman–Crippen LogP) is 3.20. The molecule has 0 heterocycles. The summed E-state index contributed by atoms with van der Waals surface area (Å²) in [6, 6.07) is 6.08. The van der Waals surface area contributed by atoms with Crippen molar-refractivity contribution in [3.8, 4) is 0 Å². The van der Waals surface area contributed by atoms with Crippen LogP contribution in [0.25, 0.3) is 0 Å². The lowest BCUT2D eigenvalue weighted by atomic mass is 10.1. The van der Waals surface area contributed by atoms with Gasteiger partial charge in [-0.1, -0.05) is 19.4 Å². The molecule has 0 saturated heterocycles. The summed E-state index contributed by atoms with van der Waals surface area (Å²) in [5.74, 6) is 0.741. The average Bonchev–Trinajstić information content (AvgIpc) is 3.00. The van der Waals surface area contributed by atoms with Gasteiger partial charge < -0.3 is 5.32 Å². The quantitative estimate of drug-likeness (QED) is 0.788. The van der Waals surface area contributed by atoms with Gasteiger partial charge in [0.05, 0.1) is 0 Å². The van der Waals surface area contributed by atoms with E-state index in [0.29, 0.717) is 12.0 Å². The zero-order chi connectivity index (χ0) is 12.4. The van der Waals surface area contributed by atoms with Crippen molar-refractivity contribution in [3.63, 3.8) is 0 Å². The number of benzene rings is 1. The molecule has 1 N–H and O–H groups in total. The van der Waals surface area contributed by atoms with Gasteiger partial charge in [-0.3, -0.25) is 4.79 Å². The molecule has 0 bridgehead atoms. The van der Waals surface area contributed by atoms with E-state index in [0.717, 1.165) is 22.4 Å². The number of aryl methyl sites for hydroxylation is 1. The summed E-state index contributed by atoms with van der Waals surface area (Å²) in [7, 11) is 0. The molecule has 2 unspecified atom stereocenters. The van der Waals surface area contributed by atoms with Crippen molar-refractivity contribution in [1.82, 2.24) is 5.32 Å². The van der Waals surface area contributed by atoms with Crippen LogP contribution in [0.15, 0.2) is 23.1 Å². The third kappa shape index (κ3) is 3.03. The van der Waals surface area contributed by atoms with Crippen LogP contribution in [0.5, 0.6) is 0 Å². The fraction of sp³-hybridized carbons (Fsp3) is 0.500. The van der Waals surface area contributed by atoms with Crippen LogP contribution in [0.4, 0.5) is 0 Å². The van der Waals surface area contributed by atoms with Crippen LogP contribution >= 0.6 is 12.6 Å². The third-order valence-electron chi connectivity index (χ3n) is 3.36. The van der Waals surface area contributed by atoms with Crippen LogP contribution in [0, 0.1) is 12.8 Å². The molecule has 0 spiro atoms. The fourth-order valence-corrected chi connectivity index (χ4v) is 2.42. The van der Waals surface area contributed by atoms with Crippen LogP contribution in [-0.2, 0) is 0 Å². The molecule has 2 atom stereocenters. The number of carbonyl (C=O) groups excluding carboxylic acids is 1. The number of thiol groups is 1. The molecule has 92 valence electrons. The summed E-state index contributed by atoms with van der Waals surface area (Å²) >= 11 is 4.27. The highest BCUT2D eigenvalue weighted by Crippen LogP contribution is 2.34. The maximum atomic E-state index is 12.1. The largest absolute Gasteiger partial charge is 0.349 e. The van der Waals surface area contributed by atoms with E-state index in [-0.39, 0.29) is 5.91 Å². The molecule has 0 aromatic heterocycles. The van der Waals surface area contributed by atoms with Gasteiger partial charge in [-0.25, -0.2) is 0 Å². The maximum absolute atomic E-state index is 12.1. The van der Waals surface area contributed by atoms with Gasteiger partial charge in [0, 0.05) is 16.5 Å². The van der Waals surface area contributed by atoms with Crippen LogP contribution in [0.1, 0.15) is 42.1 Å². The topological polar surface area (TPSA) is 29.1 Å². The van der Waals surface area contributed by atoms with Gasteiger partial charge in [-0.15, -0.1) is 12.6 Å². The van der Waals surface area contributed by atoms with E-state index < -0.39 is 0 Å². The van der Waals surface area contributed by atoms with E-state index >= 15 is 0 Å². The first-order valence-corrected chi connectivity index (χ1v) is 6.67. The molecule has 0 aliphatic heterocycles. The summed E-state index contributed by atoms with van der Waals surface area (Å²) in [6.07, 6.45) is 3.55. The number of rotatable bonds is 4. The summed E-state index contributed by atoms with van der Waals surface area (Å²) < 4.78 is 0. The van der Waals surface area contributed by atoms with Crippen LogP contribution in [0.3, 0.4) is 0 Å². The Balaban J connectivity index is 1.98. The molecule has 2 nitrogen and oxygen atoms in total. The Morgan fingerprint density at radius 2 is 2.29 bits per heavy atom. The second-order valence-electron chi connectivity index (χ2n) is 4.86. The van der Waals surface area contributed by atoms with E-state index in [4.69, 9.17) is 0 Å². The predicted molar refractivity (Wildman–Crippen MR) is 72.7 cm³/mol. The Bertz CT molecular complexity index is 430. The molecule has 1 saturated carbocycles. The van der Waals surface area contributed by atoms with Gasteiger partial charge in [0.1, 0.15) is 0 Å². The lowest BCUT2D eigenvalue weighted by molar-refractivity contribution is 0.0948. The minimum atomic E-state index is 0.0435. The SMILES string of the molecule is CCCC1CC1NC(=O)c1cc(S)ccc1C. The van der Waals surface area contributed by atoms with Crippen molar-refractivity contribution < 1.29 is 4.79 Å². The number of amides is 1. The first-order chi connectivity index (χ1) is 8.11. The maximum Gasteiger partial charge on any atom is 0.251 e. The second-order valence-corrected chi connectivity index (χ2v) is 5.38. The Morgan fingerprint density at radius 1 is 1.53 bits per heavy atom. The first kappa shape index (κ1) is 12.5. The standard InChI is InChI=1S/C14H19NOS/c1-3-4-10-7-13(10)15-14(16)12-8-11(17)6-5-9(12)2/h5-6,8,10,13,17H,3-4,7H2,1-2H3,(H,15,16). The van der Waals surface area contributed by atoms with Crippen molar-refractivity contribution >= 4 is 18.5 Å². The van der Waals surface area contributed by atoms with Gasteiger partial charge in [-0.05, 0) is 43.4 Å².